The highest BCUT2D eigenvalue weighted by Crippen LogP contribution is 2.30. The molecular weight excluding hydrogens is 455 g/mol. The van der Waals surface area contributed by atoms with Gasteiger partial charge < -0.3 is 5.32 Å². The van der Waals surface area contributed by atoms with E-state index in [2.05, 4.69) is 32.9 Å². The molecular formula is C18H14ClIN2OS. The van der Waals surface area contributed by atoms with Gasteiger partial charge in [-0.2, -0.15) is 0 Å². The molecule has 3 nitrogen and oxygen atoms in total. The Morgan fingerprint density at radius 2 is 2.12 bits per heavy atom. The summed E-state index contributed by atoms with van der Waals surface area (Å²) in [5.74, 6) is -0.0902. The Labute approximate surface area is 163 Å². The molecule has 2 heterocycles. The first-order chi connectivity index (χ1) is 11.5. The van der Waals surface area contributed by atoms with Crippen LogP contribution in [-0.4, -0.2) is 10.9 Å². The molecule has 0 radical (unpaired) electrons. The number of amides is 1. The Morgan fingerprint density at radius 1 is 1.29 bits per heavy atom. The van der Waals surface area contributed by atoms with E-state index in [9.17, 15) is 4.79 Å². The van der Waals surface area contributed by atoms with Gasteiger partial charge in [-0.1, -0.05) is 17.7 Å². The van der Waals surface area contributed by atoms with Crippen molar-refractivity contribution in [2.45, 2.75) is 13.5 Å². The van der Waals surface area contributed by atoms with Crippen LogP contribution in [0.5, 0.6) is 0 Å². The fourth-order valence-electron chi connectivity index (χ4n) is 2.28. The van der Waals surface area contributed by atoms with E-state index >= 15 is 0 Å². The molecule has 3 rings (SSSR count). The van der Waals surface area contributed by atoms with Gasteiger partial charge in [0.25, 0.3) is 5.91 Å². The predicted octanol–water partition coefficient (Wildman–Crippen LogP) is 5.31. The topological polar surface area (TPSA) is 42.0 Å². The maximum atomic E-state index is 12.4. The van der Waals surface area contributed by atoms with Gasteiger partial charge in [-0.15, -0.1) is 11.3 Å². The standard InChI is InChI=1S/C18H14ClIN2OS/c1-11-9-21-7-6-14(11)16-4-5-17(24-16)18(23)22-10-12-2-3-13(20)8-15(12)19/h2-9H,10H2,1H3,(H,22,23). The van der Waals surface area contributed by atoms with Crippen molar-refractivity contribution in [3.63, 3.8) is 0 Å². The van der Waals surface area contributed by atoms with Gasteiger partial charge in [0, 0.05) is 32.4 Å². The first-order valence-corrected chi connectivity index (χ1v) is 9.55. The van der Waals surface area contributed by atoms with Crippen molar-refractivity contribution < 1.29 is 4.79 Å². The number of pyridine rings is 1. The molecule has 0 spiro atoms. The minimum absolute atomic E-state index is 0.0902. The maximum absolute atomic E-state index is 12.4. The quantitative estimate of drug-likeness (QED) is 0.528. The smallest absolute Gasteiger partial charge is 0.261 e. The van der Waals surface area contributed by atoms with Crippen LogP contribution in [0.2, 0.25) is 5.02 Å². The van der Waals surface area contributed by atoms with Gasteiger partial charge in [-0.05, 0) is 76.5 Å². The van der Waals surface area contributed by atoms with Gasteiger partial charge in [0.15, 0.2) is 0 Å². The van der Waals surface area contributed by atoms with Crippen molar-refractivity contribution in [2.24, 2.45) is 0 Å². The Hall–Kier alpha value is -1.44. The summed E-state index contributed by atoms with van der Waals surface area (Å²) in [5, 5.41) is 3.60. The molecule has 0 bridgehead atoms. The maximum Gasteiger partial charge on any atom is 0.261 e. The molecule has 122 valence electrons. The van der Waals surface area contributed by atoms with E-state index in [1.54, 1.807) is 6.20 Å². The number of carbonyl (C=O) groups is 1. The zero-order valence-electron chi connectivity index (χ0n) is 12.8. The third-order valence-corrected chi connectivity index (χ3v) is 5.71. The molecule has 6 heteroatoms. The van der Waals surface area contributed by atoms with Crippen molar-refractivity contribution in [3.05, 3.63) is 73.4 Å². The minimum atomic E-state index is -0.0902. The number of thiophene rings is 1. The highest BCUT2D eigenvalue weighted by molar-refractivity contribution is 14.1. The molecule has 3 aromatic rings. The molecule has 2 aromatic heterocycles. The van der Waals surface area contributed by atoms with Crippen LogP contribution in [-0.2, 0) is 6.54 Å². The number of benzene rings is 1. The Bertz CT molecular complexity index is 894. The number of nitrogens with one attached hydrogen (secondary N) is 1. The largest absolute Gasteiger partial charge is 0.347 e. The lowest BCUT2D eigenvalue weighted by Crippen LogP contribution is -2.21. The Balaban J connectivity index is 1.71. The van der Waals surface area contributed by atoms with Crippen LogP contribution < -0.4 is 5.32 Å². The number of rotatable bonds is 4. The molecule has 1 N–H and O–H groups in total. The summed E-state index contributed by atoms with van der Waals surface area (Å²) in [6.07, 6.45) is 3.59. The van der Waals surface area contributed by atoms with Crippen LogP contribution in [0, 0.1) is 10.5 Å². The summed E-state index contributed by atoms with van der Waals surface area (Å²) >= 11 is 9.89. The lowest BCUT2D eigenvalue weighted by atomic mass is 10.1. The molecule has 0 aliphatic rings. The van der Waals surface area contributed by atoms with Crippen molar-refractivity contribution in [1.29, 1.82) is 0 Å². The van der Waals surface area contributed by atoms with Gasteiger partial charge >= 0.3 is 0 Å². The summed E-state index contributed by atoms with van der Waals surface area (Å²) in [7, 11) is 0. The van der Waals surface area contributed by atoms with Crippen LogP contribution in [0.25, 0.3) is 10.4 Å². The van der Waals surface area contributed by atoms with Gasteiger partial charge in [0.2, 0.25) is 0 Å². The van der Waals surface area contributed by atoms with E-state index in [0.29, 0.717) is 16.4 Å². The van der Waals surface area contributed by atoms with Crippen LogP contribution >= 0.6 is 45.5 Å². The first kappa shape index (κ1) is 17.4. The van der Waals surface area contributed by atoms with E-state index < -0.39 is 0 Å². The normalized spacial score (nSPS) is 10.6. The second-order valence-corrected chi connectivity index (χ2v) is 8.01. The number of aryl methyl sites for hydroxylation is 1. The molecule has 24 heavy (non-hydrogen) atoms. The number of aromatic nitrogens is 1. The average Bonchev–Trinajstić information content (AvgIpc) is 3.04. The number of halogens is 2. The fraction of sp³-hybridized carbons (Fsp3) is 0.111. The summed E-state index contributed by atoms with van der Waals surface area (Å²) < 4.78 is 1.07. The second kappa shape index (κ2) is 7.63. The van der Waals surface area contributed by atoms with Crippen molar-refractivity contribution in [2.75, 3.05) is 0 Å². The monoisotopic (exact) mass is 468 g/mol. The average molecular weight is 469 g/mol. The van der Waals surface area contributed by atoms with E-state index in [4.69, 9.17) is 11.6 Å². The zero-order valence-corrected chi connectivity index (χ0v) is 16.6. The Kier molecular flexibility index (Phi) is 5.53. The Morgan fingerprint density at radius 3 is 2.88 bits per heavy atom. The molecule has 0 fully saturated rings. The molecule has 1 amide bonds. The second-order valence-electron chi connectivity index (χ2n) is 5.27. The molecule has 0 aliphatic carbocycles. The van der Waals surface area contributed by atoms with E-state index in [1.807, 2.05) is 49.5 Å². The molecule has 0 saturated heterocycles. The van der Waals surface area contributed by atoms with E-state index in [-0.39, 0.29) is 5.91 Å². The van der Waals surface area contributed by atoms with Crippen molar-refractivity contribution in [1.82, 2.24) is 10.3 Å². The molecule has 0 aliphatic heterocycles. The number of carbonyl (C=O) groups excluding carboxylic acids is 1. The molecule has 0 unspecified atom stereocenters. The first-order valence-electron chi connectivity index (χ1n) is 7.27. The van der Waals surface area contributed by atoms with Gasteiger partial charge in [-0.3, -0.25) is 9.78 Å². The number of hydrogen-bond acceptors (Lipinski definition) is 3. The lowest BCUT2D eigenvalue weighted by molar-refractivity contribution is 0.0955. The SMILES string of the molecule is Cc1cnccc1-c1ccc(C(=O)NCc2ccc(I)cc2Cl)s1. The van der Waals surface area contributed by atoms with Crippen LogP contribution in [0.3, 0.4) is 0 Å². The molecule has 0 atom stereocenters. The summed E-state index contributed by atoms with van der Waals surface area (Å²) in [5.41, 5.74) is 3.11. The summed E-state index contributed by atoms with van der Waals surface area (Å²) in [4.78, 5) is 18.2. The lowest BCUT2D eigenvalue weighted by Gasteiger charge is -2.06. The highest BCUT2D eigenvalue weighted by atomic mass is 127. The number of nitrogens with zero attached hydrogens (tertiary/aromatic N) is 1. The minimum Gasteiger partial charge on any atom is -0.347 e. The van der Waals surface area contributed by atoms with Crippen molar-refractivity contribution in [3.8, 4) is 10.4 Å². The summed E-state index contributed by atoms with van der Waals surface area (Å²) in [6.45, 7) is 2.43. The van der Waals surface area contributed by atoms with Gasteiger partial charge in [0.1, 0.15) is 0 Å². The fourth-order valence-corrected chi connectivity index (χ4v) is 4.22. The van der Waals surface area contributed by atoms with Crippen LogP contribution in [0.4, 0.5) is 0 Å². The van der Waals surface area contributed by atoms with Crippen molar-refractivity contribution >= 4 is 51.4 Å². The van der Waals surface area contributed by atoms with Gasteiger partial charge in [-0.25, -0.2) is 0 Å². The van der Waals surface area contributed by atoms with Crippen LogP contribution in [0.15, 0.2) is 48.8 Å². The predicted molar refractivity (Wildman–Crippen MR) is 108 cm³/mol. The van der Waals surface area contributed by atoms with E-state index in [0.717, 1.165) is 25.1 Å². The van der Waals surface area contributed by atoms with Crippen LogP contribution in [0.1, 0.15) is 20.8 Å². The highest BCUT2D eigenvalue weighted by Gasteiger charge is 2.12. The van der Waals surface area contributed by atoms with E-state index in [1.165, 1.54) is 11.3 Å². The molecule has 0 saturated carbocycles. The third kappa shape index (κ3) is 3.96. The number of hydrogen-bond donors (Lipinski definition) is 1. The molecule has 1 aromatic carbocycles. The third-order valence-electron chi connectivity index (χ3n) is 3.57. The summed E-state index contributed by atoms with van der Waals surface area (Å²) in [6, 6.07) is 11.6. The zero-order chi connectivity index (χ0) is 17.1. The van der Waals surface area contributed by atoms with Gasteiger partial charge in [0.05, 0.1) is 4.88 Å².